The number of carbonyl (C=O) groups excluding carboxylic acids is 1. The predicted octanol–water partition coefficient (Wildman–Crippen LogP) is 1.04. The van der Waals surface area contributed by atoms with Gasteiger partial charge in [-0.05, 0) is 12.8 Å². The number of aromatic nitrogens is 4. The van der Waals surface area contributed by atoms with Crippen LogP contribution in [-0.4, -0.2) is 32.8 Å². The molecule has 2 aromatic rings. The van der Waals surface area contributed by atoms with Gasteiger partial charge in [0.1, 0.15) is 0 Å². The van der Waals surface area contributed by atoms with Gasteiger partial charge in [-0.15, -0.1) is 0 Å². The normalized spacial score (nSPS) is 24.3. The van der Waals surface area contributed by atoms with E-state index in [0.29, 0.717) is 24.7 Å². The molecule has 8 heteroatoms. The fraction of sp³-hybridized carbons (Fsp3) is 0.571. The predicted molar refractivity (Wildman–Crippen MR) is 76.9 cm³/mol. The van der Waals surface area contributed by atoms with E-state index in [4.69, 9.17) is 10.3 Å². The molecule has 0 aromatic carbocycles. The fourth-order valence-electron chi connectivity index (χ4n) is 3.35. The summed E-state index contributed by atoms with van der Waals surface area (Å²) < 4.78 is 5.40. The van der Waals surface area contributed by atoms with E-state index in [2.05, 4.69) is 20.3 Å². The van der Waals surface area contributed by atoms with Crippen molar-refractivity contribution in [2.24, 2.45) is 5.73 Å². The number of amides is 1. The van der Waals surface area contributed by atoms with Crippen molar-refractivity contribution in [1.29, 1.82) is 0 Å². The van der Waals surface area contributed by atoms with Gasteiger partial charge in [0.05, 0.1) is 23.3 Å². The SMILES string of the molecule is NC1(c2noc(C3CC(=O)N(c4cn[nH]c4)C3)n2)CCCC1. The molecule has 2 fully saturated rings. The van der Waals surface area contributed by atoms with Gasteiger partial charge in [-0.3, -0.25) is 9.89 Å². The molecule has 1 saturated heterocycles. The van der Waals surface area contributed by atoms with Crippen LogP contribution >= 0.6 is 0 Å². The lowest BCUT2D eigenvalue weighted by Crippen LogP contribution is -2.34. The van der Waals surface area contributed by atoms with Crippen LogP contribution in [0.25, 0.3) is 0 Å². The van der Waals surface area contributed by atoms with Gasteiger partial charge in [-0.25, -0.2) is 0 Å². The molecule has 1 saturated carbocycles. The lowest BCUT2D eigenvalue weighted by atomic mass is 9.98. The Balaban J connectivity index is 1.54. The van der Waals surface area contributed by atoms with Gasteiger partial charge in [0.2, 0.25) is 11.8 Å². The lowest BCUT2D eigenvalue weighted by molar-refractivity contribution is -0.117. The topological polar surface area (TPSA) is 114 Å². The molecule has 0 radical (unpaired) electrons. The summed E-state index contributed by atoms with van der Waals surface area (Å²) in [6.07, 6.45) is 7.66. The van der Waals surface area contributed by atoms with Gasteiger partial charge < -0.3 is 15.2 Å². The summed E-state index contributed by atoms with van der Waals surface area (Å²) in [5.74, 6) is 1.03. The van der Waals surface area contributed by atoms with Crippen LogP contribution in [0.15, 0.2) is 16.9 Å². The van der Waals surface area contributed by atoms with Crippen molar-refractivity contribution >= 4 is 11.6 Å². The molecule has 1 unspecified atom stereocenters. The number of nitrogens with two attached hydrogens (primary N) is 1. The smallest absolute Gasteiger partial charge is 0.232 e. The summed E-state index contributed by atoms with van der Waals surface area (Å²) in [4.78, 5) is 18.3. The van der Waals surface area contributed by atoms with Crippen LogP contribution in [0.4, 0.5) is 5.69 Å². The molecule has 0 bridgehead atoms. The van der Waals surface area contributed by atoms with Crippen molar-refractivity contribution < 1.29 is 9.32 Å². The molecule has 1 aliphatic carbocycles. The van der Waals surface area contributed by atoms with Crippen molar-refractivity contribution in [3.63, 3.8) is 0 Å². The Morgan fingerprint density at radius 1 is 1.41 bits per heavy atom. The van der Waals surface area contributed by atoms with Gasteiger partial charge in [-0.1, -0.05) is 18.0 Å². The molecule has 116 valence electrons. The summed E-state index contributed by atoms with van der Waals surface area (Å²) in [7, 11) is 0. The first-order valence-electron chi connectivity index (χ1n) is 7.58. The van der Waals surface area contributed by atoms with Crippen molar-refractivity contribution in [1.82, 2.24) is 20.3 Å². The van der Waals surface area contributed by atoms with E-state index in [1.165, 1.54) is 0 Å². The monoisotopic (exact) mass is 302 g/mol. The van der Waals surface area contributed by atoms with Crippen LogP contribution in [0.3, 0.4) is 0 Å². The minimum Gasteiger partial charge on any atom is -0.339 e. The van der Waals surface area contributed by atoms with Crippen molar-refractivity contribution in [2.75, 3.05) is 11.4 Å². The first-order valence-corrected chi connectivity index (χ1v) is 7.58. The van der Waals surface area contributed by atoms with Gasteiger partial charge >= 0.3 is 0 Å². The number of hydrogen-bond acceptors (Lipinski definition) is 6. The Bertz CT molecular complexity index is 673. The molecule has 1 atom stereocenters. The maximum absolute atomic E-state index is 12.2. The third-order valence-corrected chi connectivity index (χ3v) is 4.65. The lowest BCUT2D eigenvalue weighted by Gasteiger charge is -2.17. The summed E-state index contributed by atoms with van der Waals surface area (Å²) in [5.41, 5.74) is 6.65. The number of carbonyl (C=O) groups is 1. The van der Waals surface area contributed by atoms with Crippen LogP contribution in [0, 0.1) is 0 Å². The Kier molecular flexibility index (Phi) is 3.00. The third kappa shape index (κ3) is 2.10. The highest BCUT2D eigenvalue weighted by Gasteiger charge is 2.39. The highest BCUT2D eigenvalue weighted by molar-refractivity contribution is 5.96. The Labute approximate surface area is 127 Å². The molecule has 2 aromatic heterocycles. The molecule has 1 aliphatic heterocycles. The van der Waals surface area contributed by atoms with Crippen LogP contribution in [-0.2, 0) is 10.3 Å². The van der Waals surface area contributed by atoms with Gasteiger partial charge in [0.25, 0.3) is 0 Å². The zero-order valence-corrected chi connectivity index (χ0v) is 12.2. The molecule has 1 amide bonds. The molecule has 0 spiro atoms. The Hall–Kier alpha value is -2.22. The maximum Gasteiger partial charge on any atom is 0.232 e. The molecule has 2 aliphatic rings. The maximum atomic E-state index is 12.2. The summed E-state index contributed by atoms with van der Waals surface area (Å²) >= 11 is 0. The van der Waals surface area contributed by atoms with Crippen LogP contribution in [0.5, 0.6) is 0 Å². The number of nitrogens with one attached hydrogen (secondary N) is 1. The fourth-order valence-corrected chi connectivity index (χ4v) is 3.35. The average Bonchev–Trinajstić information content (AvgIpc) is 3.25. The number of H-pyrrole nitrogens is 1. The Morgan fingerprint density at radius 2 is 2.23 bits per heavy atom. The first-order chi connectivity index (χ1) is 10.7. The molecule has 3 N–H and O–H groups in total. The second-order valence-electron chi connectivity index (χ2n) is 6.18. The second-order valence-corrected chi connectivity index (χ2v) is 6.18. The summed E-state index contributed by atoms with van der Waals surface area (Å²) in [5, 5.41) is 10.7. The Morgan fingerprint density at radius 3 is 2.95 bits per heavy atom. The summed E-state index contributed by atoms with van der Waals surface area (Å²) in [6, 6.07) is 0. The number of aromatic amines is 1. The van der Waals surface area contributed by atoms with E-state index in [1.807, 2.05) is 0 Å². The first kappa shape index (κ1) is 13.4. The molecule has 8 nitrogen and oxygen atoms in total. The number of rotatable bonds is 3. The van der Waals surface area contributed by atoms with E-state index in [9.17, 15) is 4.79 Å². The molecule has 3 heterocycles. The standard InChI is InChI=1S/C14H18N6O2/c15-14(3-1-2-4-14)13-18-12(22-19-13)9-5-11(21)20(8-9)10-6-16-17-7-10/h6-7,9H,1-5,8,15H2,(H,16,17). The van der Waals surface area contributed by atoms with E-state index >= 15 is 0 Å². The molecular formula is C14H18N6O2. The average molecular weight is 302 g/mol. The minimum atomic E-state index is -0.464. The molecule has 22 heavy (non-hydrogen) atoms. The number of nitrogens with zero attached hydrogens (tertiary/aromatic N) is 4. The highest BCUT2D eigenvalue weighted by Crippen LogP contribution is 2.36. The van der Waals surface area contributed by atoms with Crippen LogP contribution in [0.1, 0.15) is 49.7 Å². The quantitative estimate of drug-likeness (QED) is 0.875. The van der Waals surface area contributed by atoms with E-state index in [1.54, 1.807) is 17.3 Å². The number of hydrogen-bond donors (Lipinski definition) is 2. The van der Waals surface area contributed by atoms with Crippen LogP contribution < -0.4 is 10.6 Å². The summed E-state index contributed by atoms with van der Waals surface area (Å²) in [6.45, 7) is 0.525. The van der Waals surface area contributed by atoms with Crippen LogP contribution in [0.2, 0.25) is 0 Å². The van der Waals surface area contributed by atoms with Crippen molar-refractivity contribution in [2.45, 2.75) is 43.6 Å². The minimum absolute atomic E-state index is 0.0366. The highest BCUT2D eigenvalue weighted by atomic mass is 16.5. The number of anilines is 1. The van der Waals surface area contributed by atoms with Gasteiger partial charge in [-0.2, -0.15) is 10.1 Å². The second kappa shape index (κ2) is 4.91. The van der Waals surface area contributed by atoms with Gasteiger partial charge in [0, 0.05) is 19.2 Å². The largest absolute Gasteiger partial charge is 0.339 e. The zero-order valence-electron chi connectivity index (χ0n) is 12.2. The van der Waals surface area contributed by atoms with E-state index < -0.39 is 5.54 Å². The van der Waals surface area contributed by atoms with Gasteiger partial charge in [0.15, 0.2) is 5.82 Å². The van der Waals surface area contributed by atoms with E-state index in [0.717, 1.165) is 31.4 Å². The van der Waals surface area contributed by atoms with E-state index in [-0.39, 0.29) is 11.8 Å². The van der Waals surface area contributed by atoms with Crippen molar-refractivity contribution in [3.05, 3.63) is 24.1 Å². The zero-order chi connectivity index (χ0) is 15.2. The molecular weight excluding hydrogens is 284 g/mol. The van der Waals surface area contributed by atoms with Crippen molar-refractivity contribution in [3.8, 4) is 0 Å². The third-order valence-electron chi connectivity index (χ3n) is 4.65. The molecule has 4 rings (SSSR count).